The lowest BCUT2D eigenvalue weighted by atomic mass is 10.1. The molecule has 0 saturated carbocycles. The van der Waals surface area contributed by atoms with E-state index in [0.717, 1.165) is 6.42 Å². The number of hydrogen-bond donors (Lipinski definition) is 2. The van der Waals surface area contributed by atoms with Gasteiger partial charge in [0.25, 0.3) is 0 Å². The molecule has 0 radical (unpaired) electrons. The van der Waals surface area contributed by atoms with Crippen LogP contribution in [0.15, 0.2) is 0 Å². The van der Waals surface area contributed by atoms with E-state index in [1.54, 1.807) is 0 Å². The fraction of sp³-hybridized carbons (Fsp3) is 0.875. The van der Waals surface area contributed by atoms with Crippen molar-refractivity contribution in [2.24, 2.45) is 5.73 Å². The zero-order valence-corrected chi connectivity index (χ0v) is 7.05. The van der Waals surface area contributed by atoms with Crippen molar-refractivity contribution in [3.63, 3.8) is 0 Å². The van der Waals surface area contributed by atoms with E-state index < -0.39 is 6.10 Å². The highest BCUT2D eigenvalue weighted by atomic mass is 16.3. The van der Waals surface area contributed by atoms with Crippen molar-refractivity contribution in [1.29, 1.82) is 0 Å². The SMILES string of the molecule is CCCC(=O)CC(O)CCN. The van der Waals surface area contributed by atoms with Crippen molar-refractivity contribution in [3.8, 4) is 0 Å². The minimum Gasteiger partial charge on any atom is -0.393 e. The van der Waals surface area contributed by atoms with Crippen molar-refractivity contribution in [2.45, 2.75) is 38.7 Å². The Morgan fingerprint density at radius 2 is 2.27 bits per heavy atom. The highest BCUT2D eigenvalue weighted by Crippen LogP contribution is 2.01. The molecule has 1 unspecified atom stereocenters. The average Bonchev–Trinajstić information content (AvgIpc) is 1.87. The van der Waals surface area contributed by atoms with Crippen LogP contribution in [0.1, 0.15) is 32.6 Å². The third-order valence-corrected chi connectivity index (χ3v) is 1.49. The number of carbonyl (C=O) groups excluding carboxylic acids is 1. The lowest BCUT2D eigenvalue weighted by Gasteiger charge is -2.06. The zero-order valence-electron chi connectivity index (χ0n) is 7.05. The monoisotopic (exact) mass is 159 g/mol. The van der Waals surface area contributed by atoms with Crippen LogP contribution in [-0.2, 0) is 4.79 Å². The molecule has 0 aliphatic rings. The van der Waals surface area contributed by atoms with Crippen LogP contribution in [0.4, 0.5) is 0 Å². The largest absolute Gasteiger partial charge is 0.393 e. The topological polar surface area (TPSA) is 63.3 Å². The van der Waals surface area contributed by atoms with Crippen LogP contribution in [0.2, 0.25) is 0 Å². The van der Waals surface area contributed by atoms with E-state index in [9.17, 15) is 4.79 Å². The number of nitrogens with two attached hydrogens (primary N) is 1. The fourth-order valence-electron chi connectivity index (χ4n) is 0.938. The molecule has 0 saturated heterocycles. The maximum atomic E-state index is 10.9. The van der Waals surface area contributed by atoms with E-state index in [4.69, 9.17) is 10.8 Å². The first-order chi connectivity index (χ1) is 5.20. The summed E-state index contributed by atoms with van der Waals surface area (Å²) >= 11 is 0. The number of hydrogen-bond acceptors (Lipinski definition) is 3. The quantitative estimate of drug-likeness (QED) is 0.591. The predicted octanol–water partition coefficient (Wildman–Crippen LogP) is 0.455. The number of aliphatic hydroxyl groups is 1. The second-order valence-corrected chi connectivity index (χ2v) is 2.72. The molecule has 0 spiro atoms. The summed E-state index contributed by atoms with van der Waals surface area (Å²) in [5.41, 5.74) is 5.21. The minimum atomic E-state index is -0.529. The van der Waals surface area contributed by atoms with E-state index in [0.29, 0.717) is 19.4 Å². The van der Waals surface area contributed by atoms with Crippen LogP contribution in [0.25, 0.3) is 0 Å². The normalized spacial score (nSPS) is 13.0. The molecule has 0 aliphatic carbocycles. The number of aliphatic hydroxyl groups excluding tert-OH is 1. The Balaban J connectivity index is 3.40. The molecule has 0 aromatic rings. The molecule has 3 heteroatoms. The Morgan fingerprint density at radius 1 is 1.64 bits per heavy atom. The smallest absolute Gasteiger partial charge is 0.135 e. The van der Waals surface area contributed by atoms with Gasteiger partial charge in [-0.25, -0.2) is 0 Å². The van der Waals surface area contributed by atoms with Gasteiger partial charge < -0.3 is 10.8 Å². The van der Waals surface area contributed by atoms with Crippen LogP contribution in [0.5, 0.6) is 0 Å². The summed E-state index contributed by atoms with van der Waals surface area (Å²) in [6, 6.07) is 0. The van der Waals surface area contributed by atoms with Gasteiger partial charge in [-0.05, 0) is 19.4 Å². The molecule has 66 valence electrons. The van der Waals surface area contributed by atoms with E-state index in [2.05, 4.69) is 0 Å². The second kappa shape index (κ2) is 6.31. The molecule has 0 aromatic heterocycles. The summed E-state index contributed by atoms with van der Waals surface area (Å²) in [6.07, 6.45) is 1.69. The van der Waals surface area contributed by atoms with E-state index >= 15 is 0 Å². The Kier molecular flexibility index (Phi) is 6.07. The fourth-order valence-corrected chi connectivity index (χ4v) is 0.938. The number of ketones is 1. The molecule has 0 rings (SSSR count). The first-order valence-electron chi connectivity index (χ1n) is 4.10. The number of Topliss-reactive ketones (excluding diaryl/α,β-unsaturated/α-hetero) is 1. The van der Waals surface area contributed by atoms with Crippen LogP contribution < -0.4 is 5.73 Å². The van der Waals surface area contributed by atoms with E-state index in [-0.39, 0.29) is 12.2 Å². The molecule has 0 amide bonds. The molecule has 0 bridgehead atoms. The van der Waals surface area contributed by atoms with Crippen molar-refractivity contribution < 1.29 is 9.90 Å². The van der Waals surface area contributed by atoms with Crippen molar-refractivity contribution in [2.75, 3.05) is 6.54 Å². The van der Waals surface area contributed by atoms with Gasteiger partial charge in [0, 0.05) is 12.8 Å². The molecule has 11 heavy (non-hydrogen) atoms. The van der Waals surface area contributed by atoms with Crippen LogP contribution in [0.3, 0.4) is 0 Å². The summed E-state index contributed by atoms with van der Waals surface area (Å²) in [4.78, 5) is 10.9. The minimum absolute atomic E-state index is 0.133. The predicted molar refractivity (Wildman–Crippen MR) is 44.2 cm³/mol. The molecule has 1 atom stereocenters. The zero-order chi connectivity index (χ0) is 8.69. The van der Waals surface area contributed by atoms with Crippen molar-refractivity contribution in [1.82, 2.24) is 0 Å². The van der Waals surface area contributed by atoms with Crippen LogP contribution in [0, 0.1) is 0 Å². The van der Waals surface area contributed by atoms with Gasteiger partial charge in [0.2, 0.25) is 0 Å². The van der Waals surface area contributed by atoms with Gasteiger partial charge in [-0.2, -0.15) is 0 Å². The average molecular weight is 159 g/mol. The Hall–Kier alpha value is -0.410. The molecular formula is C8H17NO2. The van der Waals surface area contributed by atoms with Crippen molar-refractivity contribution in [3.05, 3.63) is 0 Å². The standard InChI is InChI=1S/C8H17NO2/c1-2-3-7(10)6-8(11)4-5-9/h8,11H,2-6,9H2,1H3. The molecule has 3 nitrogen and oxygen atoms in total. The Labute approximate surface area is 67.6 Å². The second-order valence-electron chi connectivity index (χ2n) is 2.72. The van der Waals surface area contributed by atoms with Crippen LogP contribution in [-0.4, -0.2) is 23.5 Å². The number of carbonyl (C=O) groups is 1. The molecule has 0 fully saturated rings. The van der Waals surface area contributed by atoms with Crippen LogP contribution >= 0.6 is 0 Å². The Morgan fingerprint density at radius 3 is 2.73 bits per heavy atom. The van der Waals surface area contributed by atoms with Gasteiger partial charge in [-0.15, -0.1) is 0 Å². The van der Waals surface area contributed by atoms with Gasteiger partial charge in [-0.1, -0.05) is 6.92 Å². The third kappa shape index (κ3) is 6.01. The summed E-state index contributed by atoms with van der Waals surface area (Å²) in [5, 5.41) is 9.15. The molecule has 3 N–H and O–H groups in total. The summed E-state index contributed by atoms with van der Waals surface area (Å²) in [5.74, 6) is 0.133. The van der Waals surface area contributed by atoms with E-state index in [1.807, 2.05) is 6.92 Å². The molecular weight excluding hydrogens is 142 g/mol. The molecule has 0 aromatic carbocycles. The maximum Gasteiger partial charge on any atom is 0.135 e. The Bertz CT molecular complexity index is 115. The summed E-state index contributed by atoms with van der Waals surface area (Å²) in [7, 11) is 0. The van der Waals surface area contributed by atoms with Gasteiger partial charge in [0.05, 0.1) is 6.10 Å². The molecule has 0 heterocycles. The van der Waals surface area contributed by atoms with E-state index in [1.165, 1.54) is 0 Å². The first-order valence-corrected chi connectivity index (χ1v) is 4.10. The van der Waals surface area contributed by atoms with Crippen molar-refractivity contribution >= 4 is 5.78 Å². The number of rotatable bonds is 6. The first kappa shape index (κ1) is 10.6. The van der Waals surface area contributed by atoms with Gasteiger partial charge in [-0.3, -0.25) is 4.79 Å². The van der Waals surface area contributed by atoms with Gasteiger partial charge >= 0.3 is 0 Å². The lowest BCUT2D eigenvalue weighted by molar-refractivity contribution is -0.121. The third-order valence-electron chi connectivity index (χ3n) is 1.49. The highest BCUT2D eigenvalue weighted by Gasteiger charge is 2.08. The maximum absolute atomic E-state index is 10.9. The summed E-state index contributed by atoms with van der Waals surface area (Å²) < 4.78 is 0. The molecule has 0 aliphatic heterocycles. The van der Waals surface area contributed by atoms with Gasteiger partial charge in [0.15, 0.2) is 0 Å². The highest BCUT2D eigenvalue weighted by molar-refractivity contribution is 5.78. The lowest BCUT2D eigenvalue weighted by Crippen LogP contribution is -2.17. The summed E-state index contributed by atoms with van der Waals surface area (Å²) in [6.45, 7) is 2.40. The van der Waals surface area contributed by atoms with Gasteiger partial charge in [0.1, 0.15) is 5.78 Å².